The predicted octanol–water partition coefficient (Wildman–Crippen LogP) is 2.65. The second-order valence-electron chi connectivity index (χ2n) is 6.31. The summed E-state index contributed by atoms with van der Waals surface area (Å²) in [4.78, 5) is 14.0. The van der Waals surface area contributed by atoms with Gasteiger partial charge in [0, 0.05) is 25.7 Å². The SMILES string of the molecule is COc1ccc(F)c(F)c1C(=O)N(C)CC1CC(c2ccccc2)NN1. The van der Waals surface area contributed by atoms with E-state index in [0.29, 0.717) is 6.54 Å². The van der Waals surface area contributed by atoms with Gasteiger partial charge in [0.05, 0.1) is 7.11 Å². The second-order valence-corrected chi connectivity index (χ2v) is 6.31. The molecule has 2 aromatic carbocycles. The van der Waals surface area contributed by atoms with Gasteiger partial charge in [-0.25, -0.2) is 14.2 Å². The number of carbonyl (C=O) groups excluding carboxylic acids is 1. The summed E-state index contributed by atoms with van der Waals surface area (Å²) >= 11 is 0. The first-order chi connectivity index (χ1) is 12.5. The number of nitrogens with one attached hydrogen (secondary N) is 2. The first-order valence-corrected chi connectivity index (χ1v) is 8.34. The Morgan fingerprint density at radius 3 is 2.62 bits per heavy atom. The van der Waals surface area contributed by atoms with Crippen molar-refractivity contribution < 1.29 is 18.3 Å². The zero-order valence-corrected chi connectivity index (χ0v) is 14.6. The normalized spacial score (nSPS) is 19.4. The summed E-state index contributed by atoms with van der Waals surface area (Å²) in [6, 6.07) is 12.3. The average molecular weight is 361 g/mol. The van der Waals surface area contributed by atoms with Crippen LogP contribution in [0.15, 0.2) is 42.5 Å². The highest BCUT2D eigenvalue weighted by molar-refractivity contribution is 5.97. The number of methoxy groups -OCH3 is 1. The van der Waals surface area contributed by atoms with Crippen molar-refractivity contribution in [3.8, 4) is 5.75 Å². The lowest BCUT2D eigenvalue weighted by Crippen LogP contribution is -2.41. The van der Waals surface area contributed by atoms with Gasteiger partial charge in [-0.2, -0.15) is 0 Å². The second kappa shape index (κ2) is 7.80. The van der Waals surface area contributed by atoms with E-state index in [1.807, 2.05) is 30.3 Å². The number of hydrazine groups is 1. The smallest absolute Gasteiger partial charge is 0.260 e. The standard InChI is InChI=1S/C19H21F2N3O2/c1-24(19(25)17-16(26-2)9-8-14(20)18(17)21)11-13-10-15(23-22-13)12-6-4-3-5-7-12/h3-9,13,15,22-23H,10-11H2,1-2H3. The Morgan fingerprint density at radius 2 is 1.92 bits per heavy atom. The first-order valence-electron chi connectivity index (χ1n) is 8.34. The molecule has 7 heteroatoms. The quantitative estimate of drug-likeness (QED) is 0.860. The van der Waals surface area contributed by atoms with Crippen LogP contribution in [0.3, 0.4) is 0 Å². The minimum absolute atomic E-state index is 0.0143. The van der Waals surface area contributed by atoms with Crippen molar-refractivity contribution in [1.29, 1.82) is 0 Å². The van der Waals surface area contributed by atoms with Gasteiger partial charge in [0.1, 0.15) is 11.3 Å². The molecule has 2 N–H and O–H groups in total. The molecule has 1 aliphatic heterocycles. The largest absolute Gasteiger partial charge is 0.496 e. The average Bonchev–Trinajstić information content (AvgIpc) is 3.12. The van der Waals surface area contributed by atoms with E-state index in [2.05, 4.69) is 10.9 Å². The van der Waals surface area contributed by atoms with Crippen LogP contribution in [-0.2, 0) is 0 Å². The maximum atomic E-state index is 14.1. The van der Waals surface area contributed by atoms with Crippen LogP contribution >= 0.6 is 0 Å². The molecule has 26 heavy (non-hydrogen) atoms. The molecular weight excluding hydrogens is 340 g/mol. The van der Waals surface area contributed by atoms with E-state index >= 15 is 0 Å². The van der Waals surface area contributed by atoms with Gasteiger partial charge in [0.25, 0.3) is 5.91 Å². The number of nitrogens with zero attached hydrogens (tertiary/aromatic N) is 1. The summed E-state index contributed by atoms with van der Waals surface area (Å²) < 4.78 is 32.7. The van der Waals surface area contributed by atoms with Gasteiger partial charge in [-0.1, -0.05) is 30.3 Å². The molecule has 1 heterocycles. The van der Waals surface area contributed by atoms with Crippen molar-refractivity contribution in [3.05, 3.63) is 65.2 Å². The Labute approximate surface area is 150 Å². The Bertz CT molecular complexity index is 786. The monoisotopic (exact) mass is 361 g/mol. The van der Waals surface area contributed by atoms with Crippen LogP contribution in [0.5, 0.6) is 5.75 Å². The van der Waals surface area contributed by atoms with Crippen LogP contribution in [0.1, 0.15) is 28.4 Å². The predicted molar refractivity (Wildman–Crippen MR) is 93.7 cm³/mol. The molecule has 0 saturated carbocycles. The highest BCUT2D eigenvalue weighted by Gasteiger charge is 2.29. The molecule has 5 nitrogen and oxygen atoms in total. The van der Waals surface area contributed by atoms with Gasteiger partial charge < -0.3 is 9.64 Å². The molecule has 2 atom stereocenters. The molecule has 1 saturated heterocycles. The molecule has 0 bridgehead atoms. The molecular formula is C19H21F2N3O2. The van der Waals surface area contributed by atoms with E-state index in [-0.39, 0.29) is 23.4 Å². The molecule has 0 radical (unpaired) electrons. The summed E-state index contributed by atoms with van der Waals surface area (Å²) in [5.41, 5.74) is 7.12. The third-order valence-electron chi connectivity index (χ3n) is 4.52. The van der Waals surface area contributed by atoms with E-state index in [1.54, 1.807) is 7.05 Å². The lowest BCUT2D eigenvalue weighted by molar-refractivity contribution is 0.0773. The van der Waals surface area contributed by atoms with Crippen LogP contribution < -0.4 is 15.6 Å². The Morgan fingerprint density at radius 1 is 1.19 bits per heavy atom. The van der Waals surface area contributed by atoms with Crippen LogP contribution in [0.25, 0.3) is 0 Å². The minimum atomic E-state index is -1.19. The highest BCUT2D eigenvalue weighted by atomic mass is 19.2. The fourth-order valence-corrected chi connectivity index (χ4v) is 3.15. The fourth-order valence-electron chi connectivity index (χ4n) is 3.15. The molecule has 3 rings (SSSR count). The van der Waals surface area contributed by atoms with Crippen molar-refractivity contribution in [3.63, 3.8) is 0 Å². The van der Waals surface area contributed by atoms with Crippen molar-refractivity contribution in [1.82, 2.24) is 15.8 Å². The van der Waals surface area contributed by atoms with Crippen LogP contribution in [0, 0.1) is 11.6 Å². The fraction of sp³-hybridized carbons (Fsp3) is 0.316. The lowest BCUT2D eigenvalue weighted by Gasteiger charge is -2.22. The van der Waals surface area contributed by atoms with Gasteiger partial charge >= 0.3 is 0 Å². The molecule has 2 unspecified atom stereocenters. The van der Waals surface area contributed by atoms with Gasteiger partial charge in [-0.3, -0.25) is 10.2 Å². The first kappa shape index (κ1) is 18.3. The van der Waals surface area contributed by atoms with Crippen LogP contribution in [-0.4, -0.2) is 37.6 Å². The number of halogens is 2. The van der Waals surface area contributed by atoms with E-state index in [4.69, 9.17) is 4.74 Å². The van der Waals surface area contributed by atoms with Gasteiger partial charge in [-0.15, -0.1) is 0 Å². The number of amides is 1. The molecule has 0 aromatic heterocycles. The Kier molecular flexibility index (Phi) is 5.49. The molecule has 1 fully saturated rings. The molecule has 138 valence electrons. The molecule has 0 aliphatic carbocycles. The number of ether oxygens (including phenoxy) is 1. The number of rotatable bonds is 5. The number of hydrogen-bond acceptors (Lipinski definition) is 4. The number of likely N-dealkylation sites (N-methyl/N-ethyl adjacent to an activating group) is 1. The van der Waals surface area contributed by atoms with Crippen molar-refractivity contribution in [2.45, 2.75) is 18.5 Å². The Hall–Kier alpha value is -2.51. The Balaban J connectivity index is 1.68. The zero-order chi connectivity index (χ0) is 18.7. The van der Waals surface area contributed by atoms with Crippen LogP contribution in [0.4, 0.5) is 8.78 Å². The molecule has 1 aliphatic rings. The third-order valence-corrected chi connectivity index (χ3v) is 4.52. The third kappa shape index (κ3) is 3.68. The topological polar surface area (TPSA) is 53.6 Å². The van der Waals surface area contributed by atoms with E-state index in [9.17, 15) is 13.6 Å². The van der Waals surface area contributed by atoms with Gasteiger partial charge in [0.15, 0.2) is 11.6 Å². The zero-order valence-electron chi connectivity index (χ0n) is 14.6. The summed E-state index contributed by atoms with van der Waals surface area (Å²) in [7, 11) is 2.88. The molecule has 1 amide bonds. The lowest BCUT2D eigenvalue weighted by atomic mass is 10.0. The maximum Gasteiger partial charge on any atom is 0.260 e. The molecule has 2 aromatic rings. The summed E-state index contributed by atoms with van der Waals surface area (Å²) in [6.07, 6.45) is 0.768. The minimum Gasteiger partial charge on any atom is -0.496 e. The summed E-state index contributed by atoms with van der Waals surface area (Å²) in [6.45, 7) is 0.342. The number of benzene rings is 2. The van der Waals surface area contributed by atoms with Gasteiger partial charge in [0.2, 0.25) is 0 Å². The van der Waals surface area contributed by atoms with Crippen molar-refractivity contribution in [2.75, 3.05) is 20.7 Å². The summed E-state index contributed by atoms with van der Waals surface area (Å²) in [5, 5.41) is 0. The maximum absolute atomic E-state index is 14.1. The van der Waals surface area contributed by atoms with Gasteiger partial charge in [-0.05, 0) is 24.1 Å². The van der Waals surface area contributed by atoms with Crippen LogP contribution in [0.2, 0.25) is 0 Å². The van der Waals surface area contributed by atoms with E-state index in [0.717, 1.165) is 18.1 Å². The van der Waals surface area contributed by atoms with E-state index in [1.165, 1.54) is 18.1 Å². The number of carbonyl (C=O) groups is 1. The van der Waals surface area contributed by atoms with Crippen molar-refractivity contribution >= 4 is 5.91 Å². The molecule has 0 spiro atoms. The highest BCUT2D eigenvalue weighted by Crippen LogP contribution is 2.26. The van der Waals surface area contributed by atoms with E-state index < -0.39 is 17.5 Å². The number of hydrogen-bond donors (Lipinski definition) is 2. The van der Waals surface area contributed by atoms with Crippen molar-refractivity contribution in [2.24, 2.45) is 0 Å². The summed E-state index contributed by atoms with van der Waals surface area (Å²) in [5.74, 6) is -2.88.